The molecule has 3 atom stereocenters. The maximum atomic E-state index is 11.2. The molecule has 2 aliphatic rings. The average molecular weight is 206 g/mol. The zero-order valence-corrected chi connectivity index (χ0v) is 8.30. The van der Waals surface area contributed by atoms with Crippen LogP contribution in [-0.2, 0) is 14.9 Å². The molecule has 0 unspecified atom stereocenters. The molecule has 13 heavy (non-hydrogen) atoms. The SMILES string of the molecule is CNS(=O)(=O)N[C@@H]1C[C@H]2CC[C@@H]1O2. The third-order valence-corrected chi connectivity index (χ3v) is 3.83. The normalized spacial score (nSPS) is 38.4. The van der Waals surface area contributed by atoms with Gasteiger partial charge in [0.05, 0.1) is 18.2 Å². The van der Waals surface area contributed by atoms with Gasteiger partial charge in [0.15, 0.2) is 0 Å². The Morgan fingerprint density at radius 2 is 2.15 bits per heavy atom. The minimum atomic E-state index is -3.31. The fourth-order valence-corrected chi connectivity index (χ4v) is 2.78. The molecule has 0 saturated carbocycles. The van der Waals surface area contributed by atoms with Crippen LogP contribution in [0.1, 0.15) is 19.3 Å². The molecule has 5 nitrogen and oxygen atoms in total. The Hall–Kier alpha value is -0.170. The molecule has 0 aliphatic carbocycles. The lowest BCUT2D eigenvalue weighted by atomic mass is 9.96. The van der Waals surface area contributed by atoms with E-state index in [1.807, 2.05) is 0 Å². The van der Waals surface area contributed by atoms with Crippen LogP contribution in [0, 0.1) is 0 Å². The summed E-state index contributed by atoms with van der Waals surface area (Å²) in [6.45, 7) is 0. The molecule has 0 aromatic heterocycles. The molecule has 2 fully saturated rings. The smallest absolute Gasteiger partial charge is 0.277 e. The second kappa shape index (κ2) is 3.20. The summed E-state index contributed by atoms with van der Waals surface area (Å²) in [5.41, 5.74) is 0. The maximum Gasteiger partial charge on any atom is 0.277 e. The highest BCUT2D eigenvalue weighted by Crippen LogP contribution is 2.34. The Kier molecular flexibility index (Phi) is 2.31. The number of ether oxygens (including phenoxy) is 1. The largest absolute Gasteiger partial charge is 0.373 e. The van der Waals surface area contributed by atoms with Gasteiger partial charge in [-0.2, -0.15) is 13.1 Å². The first-order valence-corrected chi connectivity index (χ1v) is 5.95. The van der Waals surface area contributed by atoms with Gasteiger partial charge in [0.25, 0.3) is 10.2 Å². The molecule has 6 heteroatoms. The standard InChI is InChI=1S/C7H14N2O3S/c1-8-13(10,11)9-6-4-5-2-3-7(6)12-5/h5-9H,2-4H2,1H3/t5-,6-,7+/m1/s1. The van der Waals surface area contributed by atoms with Gasteiger partial charge < -0.3 is 4.74 Å². The van der Waals surface area contributed by atoms with Gasteiger partial charge in [-0.3, -0.25) is 0 Å². The van der Waals surface area contributed by atoms with Crippen molar-refractivity contribution in [2.24, 2.45) is 0 Å². The summed E-state index contributed by atoms with van der Waals surface area (Å²) in [7, 11) is -1.91. The van der Waals surface area contributed by atoms with Gasteiger partial charge >= 0.3 is 0 Å². The fourth-order valence-electron chi connectivity index (χ4n) is 2.02. The average Bonchev–Trinajstić information content (AvgIpc) is 2.64. The van der Waals surface area contributed by atoms with Gasteiger partial charge in [0.2, 0.25) is 0 Å². The van der Waals surface area contributed by atoms with Gasteiger partial charge in [0.1, 0.15) is 0 Å². The van der Waals surface area contributed by atoms with E-state index in [1.54, 1.807) is 0 Å². The first kappa shape index (κ1) is 9.39. The Morgan fingerprint density at radius 3 is 2.62 bits per heavy atom. The van der Waals surface area contributed by atoms with Crippen molar-refractivity contribution >= 4 is 10.2 Å². The van der Waals surface area contributed by atoms with E-state index < -0.39 is 10.2 Å². The molecular formula is C7H14N2O3S. The molecule has 2 rings (SSSR count). The number of nitrogens with one attached hydrogen (secondary N) is 2. The predicted octanol–water partition coefficient (Wildman–Crippen LogP) is -0.640. The lowest BCUT2D eigenvalue weighted by Crippen LogP contribution is -2.45. The molecule has 0 amide bonds. The van der Waals surface area contributed by atoms with E-state index in [0.717, 1.165) is 19.3 Å². The molecule has 2 N–H and O–H groups in total. The molecule has 76 valence electrons. The highest BCUT2D eigenvalue weighted by atomic mass is 32.2. The molecule has 2 bridgehead atoms. The monoisotopic (exact) mass is 206 g/mol. The van der Waals surface area contributed by atoms with E-state index in [-0.39, 0.29) is 18.2 Å². The van der Waals surface area contributed by atoms with Crippen molar-refractivity contribution in [2.45, 2.75) is 37.5 Å². The van der Waals surface area contributed by atoms with Crippen molar-refractivity contribution in [2.75, 3.05) is 7.05 Å². The van der Waals surface area contributed by atoms with Crippen LogP contribution in [0.15, 0.2) is 0 Å². The topological polar surface area (TPSA) is 67.4 Å². The summed E-state index contributed by atoms with van der Waals surface area (Å²) >= 11 is 0. The molecule has 0 aromatic rings. The van der Waals surface area contributed by atoms with E-state index in [4.69, 9.17) is 4.74 Å². The fraction of sp³-hybridized carbons (Fsp3) is 1.00. The molecule has 2 aliphatic heterocycles. The molecule has 2 heterocycles. The minimum Gasteiger partial charge on any atom is -0.373 e. The lowest BCUT2D eigenvalue weighted by molar-refractivity contribution is 0.0995. The van der Waals surface area contributed by atoms with E-state index in [0.29, 0.717) is 0 Å². The van der Waals surface area contributed by atoms with Gasteiger partial charge in [-0.05, 0) is 19.3 Å². The summed E-state index contributed by atoms with van der Waals surface area (Å²) in [4.78, 5) is 0. The maximum absolute atomic E-state index is 11.2. The quantitative estimate of drug-likeness (QED) is 0.645. The van der Waals surface area contributed by atoms with Crippen LogP contribution in [0.2, 0.25) is 0 Å². The highest BCUT2D eigenvalue weighted by Gasteiger charge is 2.42. The molecule has 0 aromatic carbocycles. The summed E-state index contributed by atoms with van der Waals surface area (Å²) in [6, 6.07) is -0.0313. The van der Waals surface area contributed by atoms with Crippen LogP contribution in [0.4, 0.5) is 0 Å². The first-order valence-electron chi connectivity index (χ1n) is 4.47. The molecule has 0 spiro atoms. The van der Waals surface area contributed by atoms with Gasteiger partial charge in [-0.25, -0.2) is 4.72 Å². The second-order valence-corrected chi connectivity index (χ2v) is 5.19. The molecular weight excluding hydrogens is 192 g/mol. The third kappa shape index (κ3) is 1.85. The van der Waals surface area contributed by atoms with E-state index in [9.17, 15) is 8.42 Å². The van der Waals surface area contributed by atoms with Crippen LogP contribution in [-0.4, -0.2) is 33.7 Å². The third-order valence-electron chi connectivity index (χ3n) is 2.68. The first-order chi connectivity index (χ1) is 6.11. The van der Waals surface area contributed by atoms with E-state index in [1.165, 1.54) is 7.05 Å². The Labute approximate surface area is 78.0 Å². The van der Waals surface area contributed by atoms with Crippen molar-refractivity contribution in [3.8, 4) is 0 Å². The van der Waals surface area contributed by atoms with Gasteiger partial charge in [-0.1, -0.05) is 0 Å². The Balaban J connectivity index is 1.97. The van der Waals surface area contributed by atoms with Crippen molar-refractivity contribution in [3.63, 3.8) is 0 Å². The summed E-state index contributed by atoms with van der Waals surface area (Å²) < 4.78 is 32.6. The van der Waals surface area contributed by atoms with Crippen molar-refractivity contribution in [1.82, 2.24) is 9.44 Å². The predicted molar refractivity (Wildman–Crippen MR) is 47.4 cm³/mol. The number of hydrogen-bond donors (Lipinski definition) is 2. The van der Waals surface area contributed by atoms with Crippen LogP contribution in [0.25, 0.3) is 0 Å². The summed E-state index contributed by atoms with van der Waals surface area (Å²) in [5.74, 6) is 0. The van der Waals surface area contributed by atoms with Gasteiger partial charge in [0, 0.05) is 7.05 Å². The molecule has 0 radical (unpaired) electrons. The van der Waals surface area contributed by atoms with Crippen LogP contribution in [0.3, 0.4) is 0 Å². The number of fused-ring (bicyclic) bond motifs is 2. The van der Waals surface area contributed by atoms with Crippen LogP contribution >= 0.6 is 0 Å². The zero-order chi connectivity index (χ0) is 9.47. The van der Waals surface area contributed by atoms with Crippen molar-refractivity contribution in [1.29, 1.82) is 0 Å². The Bertz CT molecular complexity index is 290. The van der Waals surface area contributed by atoms with Crippen LogP contribution in [0.5, 0.6) is 0 Å². The number of rotatable bonds is 3. The molecule has 2 saturated heterocycles. The zero-order valence-electron chi connectivity index (χ0n) is 7.49. The van der Waals surface area contributed by atoms with Gasteiger partial charge in [-0.15, -0.1) is 0 Å². The van der Waals surface area contributed by atoms with Crippen molar-refractivity contribution < 1.29 is 13.2 Å². The highest BCUT2D eigenvalue weighted by molar-refractivity contribution is 7.87. The van der Waals surface area contributed by atoms with Crippen LogP contribution < -0.4 is 9.44 Å². The summed E-state index contributed by atoms with van der Waals surface area (Å²) in [5, 5.41) is 0. The minimum absolute atomic E-state index is 0.0313. The van der Waals surface area contributed by atoms with E-state index in [2.05, 4.69) is 9.44 Å². The summed E-state index contributed by atoms with van der Waals surface area (Å²) in [6.07, 6.45) is 3.22. The van der Waals surface area contributed by atoms with Crippen molar-refractivity contribution in [3.05, 3.63) is 0 Å². The second-order valence-electron chi connectivity index (χ2n) is 3.54. The van der Waals surface area contributed by atoms with E-state index >= 15 is 0 Å². The Morgan fingerprint density at radius 1 is 1.38 bits per heavy atom. The lowest BCUT2D eigenvalue weighted by Gasteiger charge is -2.19. The number of hydrogen-bond acceptors (Lipinski definition) is 3.